The summed E-state index contributed by atoms with van der Waals surface area (Å²) in [6.07, 6.45) is 4.37. The molecule has 4 rings (SSSR count). The molecule has 0 aliphatic carbocycles. The van der Waals surface area contributed by atoms with Gasteiger partial charge < -0.3 is 25.6 Å². The number of nitrogens with one attached hydrogen (secondary N) is 3. The number of amides is 1. The molecule has 0 spiro atoms. The van der Waals surface area contributed by atoms with Gasteiger partial charge in [0.15, 0.2) is 11.6 Å². The average molecular weight is 493 g/mol. The number of carbonyl (C=O) groups is 1. The van der Waals surface area contributed by atoms with E-state index in [2.05, 4.69) is 56.8 Å². The normalized spacial score (nSPS) is 17.5. The van der Waals surface area contributed by atoms with Crippen molar-refractivity contribution in [3.05, 3.63) is 71.3 Å². The zero-order valence-corrected chi connectivity index (χ0v) is 21.1. The van der Waals surface area contributed by atoms with Crippen LogP contribution >= 0.6 is 0 Å². The minimum atomic E-state index is -0.461. The number of nitrogens with zero attached hydrogens (tertiary/aromatic N) is 3. The molecule has 1 aliphatic heterocycles. The Bertz CT molecular complexity index is 1190. The molecule has 36 heavy (non-hydrogen) atoms. The molecule has 3 aromatic rings. The van der Waals surface area contributed by atoms with Crippen LogP contribution in [0.25, 0.3) is 0 Å². The van der Waals surface area contributed by atoms with Gasteiger partial charge in [-0.3, -0.25) is 4.79 Å². The predicted molar refractivity (Wildman–Crippen MR) is 140 cm³/mol. The number of rotatable bonds is 8. The number of aryl methyl sites for hydroxylation is 2. The van der Waals surface area contributed by atoms with Crippen LogP contribution in [0, 0.1) is 5.82 Å². The van der Waals surface area contributed by atoms with Crippen LogP contribution in [0.1, 0.15) is 35.3 Å². The molecule has 0 saturated carbocycles. The first kappa shape index (κ1) is 25.4. The van der Waals surface area contributed by atoms with E-state index >= 15 is 0 Å². The zero-order chi connectivity index (χ0) is 25.7. The standard InChI is InChI=1S/C27H33FN6O2/c1-17-15-34(16-18(2)32-17)23-7-5-6-22(12-23)33-27-30-13-19(14-31-27)8-9-20-10-21(26(35)29-3)11-24(36-4)25(20)28/h5-7,10-14,17-18,32H,8-9,15-16H2,1-4H3,(H,29,35)(H,30,31,33)/t17-,18+. The van der Waals surface area contributed by atoms with Gasteiger partial charge in [0.05, 0.1) is 7.11 Å². The van der Waals surface area contributed by atoms with Gasteiger partial charge in [0.2, 0.25) is 5.95 Å². The first-order valence-electron chi connectivity index (χ1n) is 12.1. The van der Waals surface area contributed by atoms with Crippen molar-refractivity contribution in [1.29, 1.82) is 0 Å². The van der Waals surface area contributed by atoms with Crippen molar-refractivity contribution in [1.82, 2.24) is 20.6 Å². The van der Waals surface area contributed by atoms with Gasteiger partial charge in [0, 0.05) is 61.6 Å². The summed E-state index contributed by atoms with van der Waals surface area (Å²) in [4.78, 5) is 23.3. The molecule has 1 aromatic heterocycles. The van der Waals surface area contributed by atoms with E-state index in [9.17, 15) is 9.18 Å². The fourth-order valence-corrected chi connectivity index (χ4v) is 4.54. The predicted octanol–water partition coefficient (Wildman–Crippen LogP) is 3.70. The monoisotopic (exact) mass is 492 g/mol. The summed E-state index contributed by atoms with van der Waals surface area (Å²) in [6.45, 7) is 6.31. The largest absolute Gasteiger partial charge is 0.494 e. The Morgan fingerprint density at radius 2 is 1.86 bits per heavy atom. The molecule has 1 aliphatic rings. The maximum absolute atomic E-state index is 14.7. The van der Waals surface area contributed by atoms with Crippen molar-refractivity contribution in [2.75, 3.05) is 37.5 Å². The second kappa shape index (κ2) is 11.3. The third-order valence-corrected chi connectivity index (χ3v) is 6.24. The number of aromatic nitrogens is 2. The molecule has 1 fully saturated rings. The lowest BCUT2D eigenvalue weighted by atomic mass is 10.0. The molecular formula is C27H33FN6O2. The molecule has 0 unspecified atom stereocenters. The summed E-state index contributed by atoms with van der Waals surface area (Å²) in [6, 6.07) is 12.1. The van der Waals surface area contributed by atoms with E-state index in [4.69, 9.17) is 4.74 Å². The highest BCUT2D eigenvalue weighted by atomic mass is 19.1. The minimum Gasteiger partial charge on any atom is -0.494 e. The summed E-state index contributed by atoms with van der Waals surface area (Å²) >= 11 is 0. The Balaban J connectivity index is 1.41. The van der Waals surface area contributed by atoms with Gasteiger partial charge in [-0.15, -0.1) is 0 Å². The summed E-state index contributed by atoms with van der Waals surface area (Å²) in [5.74, 6) is -0.211. The molecule has 2 aromatic carbocycles. The van der Waals surface area contributed by atoms with Gasteiger partial charge >= 0.3 is 0 Å². The Labute approximate surface area is 211 Å². The maximum atomic E-state index is 14.7. The van der Waals surface area contributed by atoms with E-state index in [1.165, 1.54) is 20.2 Å². The van der Waals surface area contributed by atoms with Crippen molar-refractivity contribution in [3.63, 3.8) is 0 Å². The van der Waals surface area contributed by atoms with Gasteiger partial charge in [0.25, 0.3) is 5.91 Å². The highest BCUT2D eigenvalue weighted by molar-refractivity contribution is 5.94. The number of ether oxygens (including phenoxy) is 1. The summed E-state index contributed by atoms with van der Waals surface area (Å²) in [7, 11) is 2.92. The molecule has 9 heteroatoms. The van der Waals surface area contributed by atoms with Gasteiger partial charge in [-0.25, -0.2) is 14.4 Å². The highest BCUT2D eigenvalue weighted by Gasteiger charge is 2.21. The lowest BCUT2D eigenvalue weighted by Gasteiger charge is -2.37. The number of piperazine rings is 1. The van der Waals surface area contributed by atoms with Crippen molar-refractivity contribution >= 4 is 23.2 Å². The fourth-order valence-electron chi connectivity index (χ4n) is 4.54. The van der Waals surface area contributed by atoms with Gasteiger partial charge in [-0.1, -0.05) is 6.07 Å². The van der Waals surface area contributed by atoms with E-state index in [1.54, 1.807) is 18.5 Å². The number of anilines is 3. The van der Waals surface area contributed by atoms with Crippen molar-refractivity contribution in [2.24, 2.45) is 0 Å². The fraction of sp³-hybridized carbons (Fsp3) is 0.370. The second-order valence-electron chi connectivity index (χ2n) is 9.19. The molecular weight excluding hydrogens is 459 g/mol. The zero-order valence-electron chi connectivity index (χ0n) is 21.1. The van der Waals surface area contributed by atoms with E-state index < -0.39 is 5.82 Å². The molecule has 3 N–H and O–H groups in total. The smallest absolute Gasteiger partial charge is 0.251 e. The Morgan fingerprint density at radius 1 is 1.14 bits per heavy atom. The maximum Gasteiger partial charge on any atom is 0.251 e. The summed E-state index contributed by atoms with van der Waals surface area (Å²) in [5.41, 5.74) is 3.70. The molecule has 0 bridgehead atoms. The summed E-state index contributed by atoms with van der Waals surface area (Å²) in [5, 5.41) is 9.38. The van der Waals surface area contributed by atoms with Crippen LogP contribution < -0.4 is 25.6 Å². The lowest BCUT2D eigenvalue weighted by Crippen LogP contribution is -2.54. The van der Waals surface area contributed by atoms with Crippen molar-refractivity contribution < 1.29 is 13.9 Å². The van der Waals surface area contributed by atoms with Crippen LogP contribution in [0.5, 0.6) is 5.75 Å². The Hall–Kier alpha value is -3.72. The molecule has 0 radical (unpaired) electrons. The van der Waals surface area contributed by atoms with Crippen molar-refractivity contribution in [3.8, 4) is 5.75 Å². The third-order valence-electron chi connectivity index (χ3n) is 6.24. The van der Waals surface area contributed by atoms with Crippen LogP contribution in [-0.4, -0.2) is 55.2 Å². The molecule has 190 valence electrons. The van der Waals surface area contributed by atoms with E-state index in [0.29, 0.717) is 42.0 Å². The highest BCUT2D eigenvalue weighted by Crippen LogP contribution is 2.25. The summed E-state index contributed by atoms with van der Waals surface area (Å²) < 4.78 is 19.8. The first-order valence-corrected chi connectivity index (χ1v) is 12.1. The van der Waals surface area contributed by atoms with Crippen LogP contribution in [0.4, 0.5) is 21.7 Å². The van der Waals surface area contributed by atoms with Gasteiger partial charge in [-0.2, -0.15) is 0 Å². The van der Waals surface area contributed by atoms with Crippen LogP contribution in [0.3, 0.4) is 0 Å². The SMILES string of the molecule is CNC(=O)c1cc(CCc2cnc(Nc3cccc(N4C[C@@H](C)N[C@@H](C)C4)c3)nc2)c(F)c(OC)c1. The molecule has 2 heterocycles. The number of hydrogen-bond acceptors (Lipinski definition) is 7. The topological polar surface area (TPSA) is 91.4 Å². The van der Waals surface area contributed by atoms with Crippen molar-refractivity contribution in [2.45, 2.75) is 38.8 Å². The Morgan fingerprint density at radius 3 is 2.53 bits per heavy atom. The molecule has 2 atom stereocenters. The second-order valence-corrected chi connectivity index (χ2v) is 9.19. The number of carbonyl (C=O) groups excluding carboxylic acids is 1. The van der Waals surface area contributed by atoms with E-state index in [-0.39, 0.29) is 11.7 Å². The molecule has 1 amide bonds. The van der Waals surface area contributed by atoms with Gasteiger partial charge in [0.1, 0.15) is 0 Å². The quantitative estimate of drug-likeness (QED) is 0.442. The lowest BCUT2D eigenvalue weighted by molar-refractivity contribution is 0.0962. The van der Waals surface area contributed by atoms with E-state index in [1.807, 2.05) is 12.1 Å². The van der Waals surface area contributed by atoms with Gasteiger partial charge in [-0.05, 0) is 68.1 Å². The van der Waals surface area contributed by atoms with Crippen LogP contribution in [-0.2, 0) is 12.8 Å². The number of benzene rings is 2. The average Bonchev–Trinajstić information content (AvgIpc) is 2.88. The van der Waals surface area contributed by atoms with Crippen LogP contribution in [0.2, 0.25) is 0 Å². The number of methoxy groups -OCH3 is 1. The molecule has 1 saturated heterocycles. The number of hydrogen-bond donors (Lipinski definition) is 3. The molecule has 8 nitrogen and oxygen atoms in total. The Kier molecular flexibility index (Phi) is 8.00. The van der Waals surface area contributed by atoms with Crippen LogP contribution in [0.15, 0.2) is 48.8 Å². The number of halogens is 1. The third kappa shape index (κ3) is 6.09. The first-order chi connectivity index (χ1) is 17.4. The van der Waals surface area contributed by atoms with E-state index in [0.717, 1.165) is 30.0 Å². The minimum absolute atomic E-state index is 0.0499.